The van der Waals surface area contributed by atoms with Gasteiger partial charge in [0.05, 0.1) is 18.9 Å². The molecule has 2 amide bonds. The maximum Gasteiger partial charge on any atom is 0.408 e. The van der Waals surface area contributed by atoms with Crippen LogP contribution in [0.25, 0.3) is 0 Å². The molecule has 1 fully saturated rings. The molecule has 3 N–H and O–H groups in total. The van der Waals surface area contributed by atoms with Crippen molar-refractivity contribution in [3.8, 4) is 0 Å². The smallest absolute Gasteiger partial charge is 0.408 e. The minimum atomic E-state index is -3.16. The molecule has 0 saturated heterocycles. The fraction of sp³-hybridized carbons (Fsp3) is 0.533. The van der Waals surface area contributed by atoms with Gasteiger partial charge in [0.15, 0.2) is 0 Å². The van der Waals surface area contributed by atoms with Crippen molar-refractivity contribution < 1.29 is 28.5 Å². The standard InChI is InChI=1S/C30H43N2O6P/c1-23(2)28(32-30(35)37-19-24-12-6-3-7-13-24)29(34)31-18-27(33)22-39(36,21-26-16-10-5-11-17-26)38-20-25-14-8-4-9-15-25/h3-4,6-9,12-15,23,26-28,33H,5,10-11,16-22H2,1-2H3,(H,31,34)(H,32,35)/t27-,28+,39?/m1/s1. The van der Waals surface area contributed by atoms with Crippen LogP contribution in [0.5, 0.6) is 0 Å². The van der Waals surface area contributed by atoms with Crippen LogP contribution >= 0.6 is 7.37 Å². The fourth-order valence-electron chi connectivity index (χ4n) is 4.85. The summed E-state index contributed by atoms with van der Waals surface area (Å²) in [6.07, 6.45) is 4.16. The molecule has 1 aliphatic carbocycles. The van der Waals surface area contributed by atoms with Gasteiger partial charge in [-0.05, 0) is 35.8 Å². The number of ether oxygens (including phenoxy) is 1. The lowest BCUT2D eigenvalue weighted by atomic mass is 9.91. The van der Waals surface area contributed by atoms with Crippen molar-refractivity contribution in [3.05, 3.63) is 71.8 Å². The normalized spacial score (nSPS) is 17.1. The Morgan fingerprint density at radius 2 is 1.54 bits per heavy atom. The second-order valence-electron chi connectivity index (χ2n) is 10.8. The van der Waals surface area contributed by atoms with Gasteiger partial charge >= 0.3 is 6.09 Å². The van der Waals surface area contributed by atoms with Gasteiger partial charge in [-0.15, -0.1) is 0 Å². The SMILES string of the molecule is CC(C)[C@H](NC(=O)OCc1ccccc1)C(=O)NC[C@@H](O)CP(=O)(CC1CCCCC1)OCc1ccccc1. The van der Waals surface area contributed by atoms with Crippen LogP contribution in [0, 0.1) is 11.8 Å². The number of rotatable bonds is 14. The highest BCUT2D eigenvalue weighted by molar-refractivity contribution is 7.59. The summed E-state index contributed by atoms with van der Waals surface area (Å²) in [5, 5.41) is 16.1. The molecule has 39 heavy (non-hydrogen) atoms. The largest absolute Gasteiger partial charge is 0.445 e. The molecule has 3 rings (SSSR count). The average Bonchev–Trinajstić information content (AvgIpc) is 2.94. The third kappa shape index (κ3) is 11.1. The number of amides is 2. The van der Waals surface area contributed by atoms with Crippen molar-refractivity contribution in [2.45, 2.75) is 71.3 Å². The molecular weight excluding hydrogens is 515 g/mol. The van der Waals surface area contributed by atoms with Crippen LogP contribution in [0.15, 0.2) is 60.7 Å². The number of nitrogens with one attached hydrogen (secondary N) is 2. The first kappa shape index (κ1) is 30.9. The van der Waals surface area contributed by atoms with Gasteiger partial charge in [-0.25, -0.2) is 4.79 Å². The molecule has 3 atom stereocenters. The number of hydrogen-bond acceptors (Lipinski definition) is 6. The predicted molar refractivity (Wildman–Crippen MR) is 153 cm³/mol. The zero-order valence-corrected chi connectivity index (χ0v) is 24.0. The maximum atomic E-state index is 13.9. The van der Waals surface area contributed by atoms with Crippen LogP contribution in [0.1, 0.15) is 57.1 Å². The Morgan fingerprint density at radius 3 is 2.13 bits per heavy atom. The Morgan fingerprint density at radius 1 is 0.949 bits per heavy atom. The van der Waals surface area contributed by atoms with Crippen molar-refractivity contribution in [3.63, 3.8) is 0 Å². The van der Waals surface area contributed by atoms with E-state index in [9.17, 15) is 19.3 Å². The van der Waals surface area contributed by atoms with E-state index >= 15 is 0 Å². The van der Waals surface area contributed by atoms with Gasteiger partial charge in [-0.2, -0.15) is 0 Å². The summed E-state index contributed by atoms with van der Waals surface area (Å²) in [6.45, 7) is 3.85. The molecule has 1 aliphatic rings. The van der Waals surface area contributed by atoms with E-state index in [-0.39, 0.29) is 31.8 Å². The van der Waals surface area contributed by atoms with Crippen LogP contribution in [0.2, 0.25) is 0 Å². The molecule has 0 aliphatic heterocycles. The molecule has 1 saturated carbocycles. The number of aliphatic hydroxyl groups is 1. The van der Waals surface area contributed by atoms with Gasteiger partial charge < -0.3 is 25.0 Å². The molecule has 9 heteroatoms. The molecule has 0 aromatic heterocycles. The van der Waals surface area contributed by atoms with Crippen molar-refractivity contribution >= 4 is 19.4 Å². The molecule has 214 valence electrons. The maximum absolute atomic E-state index is 13.9. The summed E-state index contributed by atoms with van der Waals surface area (Å²) in [5.74, 6) is -0.329. The van der Waals surface area contributed by atoms with Crippen LogP contribution in [-0.2, 0) is 31.8 Å². The lowest BCUT2D eigenvalue weighted by molar-refractivity contribution is -0.124. The number of benzene rings is 2. The molecule has 2 aromatic rings. The minimum Gasteiger partial charge on any atom is -0.445 e. The van der Waals surface area contributed by atoms with E-state index in [2.05, 4.69) is 10.6 Å². The molecule has 1 unspecified atom stereocenters. The van der Waals surface area contributed by atoms with Gasteiger partial charge in [-0.3, -0.25) is 9.36 Å². The highest BCUT2D eigenvalue weighted by Crippen LogP contribution is 2.51. The minimum absolute atomic E-state index is 0.0322. The lowest BCUT2D eigenvalue weighted by Gasteiger charge is -2.28. The molecule has 8 nitrogen and oxygen atoms in total. The monoisotopic (exact) mass is 558 g/mol. The van der Waals surface area contributed by atoms with Crippen molar-refractivity contribution in [2.24, 2.45) is 11.8 Å². The van der Waals surface area contributed by atoms with Gasteiger partial charge in [0, 0.05) is 12.7 Å². The van der Waals surface area contributed by atoms with Crippen LogP contribution < -0.4 is 10.6 Å². The van der Waals surface area contributed by atoms with E-state index < -0.39 is 31.5 Å². The molecule has 2 aromatic carbocycles. The third-order valence-corrected chi connectivity index (χ3v) is 9.66. The fourth-order valence-corrected chi connectivity index (χ4v) is 7.52. The van der Waals surface area contributed by atoms with Crippen LogP contribution in [-0.4, -0.2) is 48.1 Å². The van der Waals surface area contributed by atoms with E-state index in [0.29, 0.717) is 12.1 Å². The van der Waals surface area contributed by atoms with E-state index in [4.69, 9.17) is 9.26 Å². The van der Waals surface area contributed by atoms with Crippen molar-refractivity contribution in [1.82, 2.24) is 10.6 Å². The summed E-state index contributed by atoms with van der Waals surface area (Å²) >= 11 is 0. The summed E-state index contributed by atoms with van der Waals surface area (Å²) in [7, 11) is -3.16. The molecule has 0 radical (unpaired) electrons. The van der Waals surface area contributed by atoms with Gasteiger partial charge in [0.1, 0.15) is 12.6 Å². The number of carbonyl (C=O) groups excluding carboxylic acids is 2. The highest BCUT2D eigenvalue weighted by Gasteiger charge is 2.32. The molecular formula is C30H43N2O6P. The van der Waals surface area contributed by atoms with Crippen LogP contribution in [0.4, 0.5) is 4.79 Å². The Balaban J connectivity index is 1.53. The van der Waals surface area contributed by atoms with Crippen molar-refractivity contribution in [1.29, 1.82) is 0 Å². The number of carbonyl (C=O) groups is 2. The first-order chi connectivity index (χ1) is 18.7. The van der Waals surface area contributed by atoms with E-state index in [1.165, 1.54) is 6.42 Å². The molecule has 0 heterocycles. The zero-order chi connectivity index (χ0) is 28.1. The number of hydrogen-bond donors (Lipinski definition) is 3. The highest BCUT2D eigenvalue weighted by atomic mass is 31.2. The van der Waals surface area contributed by atoms with Gasteiger partial charge in [0.2, 0.25) is 13.3 Å². The van der Waals surface area contributed by atoms with E-state index in [0.717, 1.165) is 36.8 Å². The number of aliphatic hydroxyl groups excluding tert-OH is 1. The predicted octanol–water partition coefficient (Wildman–Crippen LogP) is 5.49. The topological polar surface area (TPSA) is 114 Å². The Labute approximate surface area is 232 Å². The lowest BCUT2D eigenvalue weighted by Crippen LogP contribution is -2.51. The third-order valence-electron chi connectivity index (χ3n) is 7.01. The van der Waals surface area contributed by atoms with Gasteiger partial charge in [-0.1, -0.05) is 93.8 Å². The van der Waals surface area contributed by atoms with E-state index in [1.54, 1.807) is 0 Å². The summed E-state index contributed by atoms with van der Waals surface area (Å²) in [5.41, 5.74) is 1.77. The average molecular weight is 559 g/mol. The van der Waals surface area contributed by atoms with Gasteiger partial charge in [0.25, 0.3) is 0 Å². The second-order valence-corrected chi connectivity index (χ2v) is 13.4. The Kier molecular flexibility index (Phi) is 12.5. The van der Waals surface area contributed by atoms with E-state index in [1.807, 2.05) is 74.5 Å². The summed E-state index contributed by atoms with van der Waals surface area (Å²) < 4.78 is 25.2. The first-order valence-corrected chi connectivity index (χ1v) is 15.9. The van der Waals surface area contributed by atoms with Crippen molar-refractivity contribution in [2.75, 3.05) is 18.9 Å². The zero-order valence-electron chi connectivity index (χ0n) is 23.1. The second kappa shape index (κ2) is 15.8. The molecule has 0 spiro atoms. The first-order valence-electron chi connectivity index (χ1n) is 13.9. The Bertz CT molecular complexity index is 1060. The molecule has 0 bridgehead atoms. The Hall–Kier alpha value is -2.67. The summed E-state index contributed by atoms with van der Waals surface area (Å²) in [4.78, 5) is 25.2. The number of alkyl carbamates (subject to hydrolysis) is 1. The van der Waals surface area contributed by atoms with Crippen LogP contribution in [0.3, 0.4) is 0 Å². The summed E-state index contributed by atoms with van der Waals surface area (Å²) in [6, 6.07) is 18.0. The quantitative estimate of drug-likeness (QED) is 0.264.